The third kappa shape index (κ3) is 4.30. The lowest BCUT2D eigenvalue weighted by molar-refractivity contribution is -0.116. The molecule has 9 heteroatoms. The van der Waals surface area contributed by atoms with Gasteiger partial charge in [-0.05, 0) is 36.4 Å². The average molecular weight is 424 g/mol. The molecule has 0 atom stereocenters. The number of carbonyl (C=O) groups is 4. The van der Waals surface area contributed by atoms with E-state index >= 15 is 0 Å². The Kier molecular flexibility index (Phi) is 5.71. The lowest BCUT2D eigenvalue weighted by atomic mass is 10.1. The third-order valence-electron chi connectivity index (χ3n) is 4.89. The molecule has 0 bridgehead atoms. The van der Waals surface area contributed by atoms with Crippen LogP contribution in [0.1, 0.15) is 16.8 Å². The molecule has 0 saturated carbocycles. The number of rotatable bonds is 5. The minimum atomic E-state index is -0.291. The summed E-state index contributed by atoms with van der Waals surface area (Å²) in [6.45, 7) is 1.01. The van der Waals surface area contributed by atoms with Crippen LogP contribution in [0.2, 0.25) is 0 Å². The molecule has 154 valence electrons. The van der Waals surface area contributed by atoms with Crippen LogP contribution < -0.4 is 15.5 Å². The molecule has 2 aliphatic heterocycles. The third-order valence-corrected chi connectivity index (χ3v) is 5.78. The van der Waals surface area contributed by atoms with Gasteiger partial charge >= 0.3 is 0 Å². The van der Waals surface area contributed by atoms with Gasteiger partial charge in [0.15, 0.2) is 0 Å². The zero-order valence-electron chi connectivity index (χ0n) is 16.1. The van der Waals surface area contributed by atoms with Crippen LogP contribution in [0.25, 0.3) is 0 Å². The second-order valence-electron chi connectivity index (χ2n) is 6.93. The molecule has 0 aliphatic carbocycles. The minimum absolute atomic E-state index is 0.0126. The SMILES string of the molecule is O=C(CCN1CCSC1=O)Nc1ccc(C(=O)N2CC(=O)Nc3ccccc32)cc1. The molecule has 4 amide bonds. The number of benzene rings is 2. The van der Waals surface area contributed by atoms with E-state index in [-0.39, 0.29) is 35.9 Å². The first-order valence-electron chi connectivity index (χ1n) is 9.53. The van der Waals surface area contributed by atoms with Crippen molar-refractivity contribution in [3.05, 3.63) is 54.1 Å². The van der Waals surface area contributed by atoms with E-state index in [9.17, 15) is 19.2 Å². The summed E-state index contributed by atoms with van der Waals surface area (Å²) in [5, 5.41) is 5.54. The standard InChI is InChI=1S/C21H20N4O4S/c26-18(9-10-24-11-12-30-21(24)29)22-15-7-5-14(6-8-15)20(28)25-13-19(27)23-16-3-1-2-4-17(16)25/h1-8H,9-13H2,(H,22,26)(H,23,27). The van der Waals surface area contributed by atoms with Crippen molar-refractivity contribution >= 4 is 51.8 Å². The predicted molar refractivity (Wildman–Crippen MR) is 116 cm³/mol. The van der Waals surface area contributed by atoms with Gasteiger partial charge in [-0.2, -0.15) is 0 Å². The maximum Gasteiger partial charge on any atom is 0.281 e. The Morgan fingerprint density at radius 1 is 1.07 bits per heavy atom. The van der Waals surface area contributed by atoms with Crippen molar-refractivity contribution in [1.29, 1.82) is 0 Å². The molecule has 1 saturated heterocycles. The van der Waals surface area contributed by atoms with E-state index in [0.29, 0.717) is 35.7 Å². The molecule has 8 nitrogen and oxygen atoms in total. The Labute approximate surface area is 177 Å². The number of amides is 4. The van der Waals surface area contributed by atoms with Gasteiger partial charge in [0.2, 0.25) is 11.8 Å². The Bertz CT molecular complexity index is 1010. The molecule has 1 fully saturated rings. The highest BCUT2D eigenvalue weighted by atomic mass is 32.2. The normalized spacial score (nSPS) is 15.6. The molecule has 2 N–H and O–H groups in total. The number of fused-ring (bicyclic) bond motifs is 1. The molecular weight excluding hydrogens is 404 g/mol. The summed E-state index contributed by atoms with van der Waals surface area (Å²) in [4.78, 5) is 51.7. The topological polar surface area (TPSA) is 98.8 Å². The van der Waals surface area contributed by atoms with Crippen LogP contribution in [0.15, 0.2) is 48.5 Å². The fraction of sp³-hybridized carbons (Fsp3) is 0.238. The zero-order chi connectivity index (χ0) is 21.1. The molecule has 0 spiro atoms. The summed E-state index contributed by atoms with van der Waals surface area (Å²) >= 11 is 1.27. The Hall–Kier alpha value is -3.33. The molecule has 0 unspecified atom stereocenters. The lowest BCUT2D eigenvalue weighted by Crippen LogP contribution is -2.42. The van der Waals surface area contributed by atoms with E-state index in [4.69, 9.17) is 0 Å². The van der Waals surface area contributed by atoms with Gasteiger partial charge in [-0.1, -0.05) is 23.9 Å². The lowest BCUT2D eigenvalue weighted by Gasteiger charge is -2.29. The molecular formula is C21H20N4O4S. The van der Waals surface area contributed by atoms with Crippen LogP contribution in [0.3, 0.4) is 0 Å². The molecule has 2 aromatic rings. The van der Waals surface area contributed by atoms with Crippen molar-refractivity contribution in [3.8, 4) is 0 Å². The number of thioether (sulfide) groups is 1. The highest BCUT2D eigenvalue weighted by Gasteiger charge is 2.27. The van der Waals surface area contributed by atoms with Gasteiger partial charge in [-0.15, -0.1) is 0 Å². The number of hydrogen-bond donors (Lipinski definition) is 2. The van der Waals surface area contributed by atoms with Gasteiger partial charge in [0.05, 0.1) is 11.4 Å². The second kappa shape index (κ2) is 8.58. The fourth-order valence-electron chi connectivity index (χ4n) is 3.36. The van der Waals surface area contributed by atoms with Gasteiger partial charge in [0.1, 0.15) is 6.54 Å². The second-order valence-corrected chi connectivity index (χ2v) is 7.98. The van der Waals surface area contributed by atoms with E-state index in [1.54, 1.807) is 47.4 Å². The largest absolute Gasteiger partial charge is 0.332 e. The number of hydrogen-bond acceptors (Lipinski definition) is 5. The van der Waals surface area contributed by atoms with Crippen molar-refractivity contribution in [1.82, 2.24) is 4.90 Å². The molecule has 2 aromatic carbocycles. The Balaban J connectivity index is 1.39. The van der Waals surface area contributed by atoms with Gasteiger partial charge in [0.25, 0.3) is 11.1 Å². The quantitative estimate of drug-likeness (QED) is 0.769. The van der Waals surface area contributed by atoms with E-state index in [2.05, 4.69) is 10.6 Å². The summed E-state index contributed by atoms with van der Waals surface area (Å²) < 4.78 is 0. The van der Waals surface area contributed by atoms with Crippen LogP contribution >= 0.6 is 11.8 Å². The molecule has 30 heavy (non-hydrogen) atoms. The van der Waals surface area contributed by atoms with E-state index in [1.165, 1.54) is 16.7 Å². The maximum atomic E-state index is 12.9. The van der Waals surface area contributed by atoms with Crippen molar-refractivity contribution in [2.45, 2.75) is 6.42 Å². The summed E-state index contributed by atoms with van der Waals surface area (Å²) in [7, 11) is 0. The number of para-hydroxylation sites is 2. The highest BCUT2D eigenvalue weighted by molar-refractivity contribution is 8.13. The molecule has 0 radical (unpaired) electrons. The van der Waals surface area contributed by atoms with E-state index < -0.39 is 0 Å². The maximum absolute atomic E-state index is 12.9. The van der Waals surface area contributed by atoms with Gasteiger partial charge in [0, 0.05) is 36.5 Å². The van der Waals surface area contributed by atoms with Crippen LogP contribution in [0, 0.1) is 0 Å². The molecule has 0 aromatic heterocycles. The molecule has 2 heterocycles. The van der Waals surface area contributed by atoms with Crippen LogP contribution in [0.4, 0.5) is 21.9 Å². The van der Waals surface area contributed by atoms with Gasteiger partial charge in [-0.3, -0.25) is 24.1 Å². The van der Waals surface area contributed by atoms with Crippen LogP contribution in [0.5, 0.6) is 0 Å². The number of anilines is 3. The summed E-state index contributed by atoms with van der Waals surface area (Å²) in [6, 6.07) is 13.7. The summed E-state index contributed by atoms with van der Waals surface area (Å²) in [5.74, 6) is 0.0282. The number of nitrogens with zero attached hydrogens (tertiary/aromatic N) is 2. The Morgan fingerprint density at radius 3 is 2.57 bits per heavy atom. The fourth-order valence-corrected chi connectivity index (χ4v) is 4.21. The predicted octanol–water partition coefficient (Wildman–Crippen LogP) is 2.78. The smallest absolute Gasteiger partial charge is 0.281 e. The molecule has 2 aliphatic rings. The number of carbonyl (C=O) groups excluding carboxylic acids is 4. The van der Waals surface area contributed by atoms with Gasteiger partial charge < -0.3 is 15.5 Å². The minimum Gasteiger partial charge on any atom is -0.332 e. The van der Waals surface area contributed by atoms with Crippen molar-refractivity contribution in [3.63, 3.8) is 0 Å². The van der Waals surface area contributed by atoms with E-state index in [0.717, 1.165) is 5.75 Å². The first kappa shape index (κ1) is 20.0. The van der Waals surface area contributed by atoms with Crippen molar-refractivity contribution < 1.29 is 19.2 Å². The van der Waals surface area contributed by atoms with Crippen molar-refractivity contribution in [2.24, 2.45) is 0 Å². The first-order chi connectivity index (χ1) is 14.5. The van der Waals surface area contributed by atoms with E-state index in [1.807, 2.05) is 6.07 Å². The Morgan fingerprint density at radius 2 is 1.83 bits per heavy atom. The van der Waals surface area contributed by atoms with Crippen molar-refractivity contribution in [2.75, 3.05) is 40.9 Å². The first-order valence-corrected chi connectivity index (χ1v) is 10.5. The monoisotopic (exact) mass is 424 g/mol. The zero-order valence-corrected chi connectivity index (χ0v) is 16.9. The van der Waals surface area contributed by atoms with Crippen LogP contribution in [-0.2, 0) is 9.59 Å². The molecule has 4 rings (SSSR count). The number of nitrogens with one attached hydrogen (secondary N) is 2. The summed E-state index contributed by atoms with van der Waals surface area (Å²) in [5.41, 5.74) is 2.22. The average Bonchev–Trinajstić information content (AvgIpc) is 3.16. The van der Waals surface area contributed by atoms with Gasteiger partial charge in [-0.25, -0.2) is 0 Å². The highest BCUT2D eigenvalue weighted by Crippen LogP contribution is 2.30. The summed E-state index contributed by atoms with van der Waals surface area (Å²) in [6.07, 6.45) is 0.215. The van der Waals surface area contributed by atoms with Crippen LogP contribution in [-0.4, -0.2) is 53.2 Å².